The van der Waals surface area contributed by atoms with E-state index in [4.69, 9.17) is 14.2 Å². The number of aliphatic hydroxyl groups is 1. The van der Waals surface area contributed by atoms with Gasteiger partial charge in [0.25, 0.3) is 11.7 Å². The smallest absolute Gasteiger partial charge is 0.295 e. The molecule has 0 aliphatic carbocycles. The first-order chi connectivity index (χ1) is 19.4. The third-order valence-electron chi connectivity index (χ3n) is 7.24. The van der Waals surface area contributed by atoms with Crippen LogP contribution in [-0.4, -0.2) is 47.6 Å². The molecule has 1 fully saturated rings. The monoisotopic (exact) mass is 541 g/mol. The van der Waals surface area contributed by atoms with Gasteiger partial charge in [-0.15, -0.1) is 0 Å². The largest absolute Gasteiger partial charge is 0.507 e. The minimum atomic E-state index is -0.786. The minimum Gasteiger partial charge on any atom is -0.507 e. The first kappa shape index (κ1) is 27.3. The van der Waals surface area contributed by atoms with Crippen molar-refractivity contribution in [1.29, 1.82) is 0 Å². The lowest BCUT2D eigenvalue weighted by atomic mass is 9.94. The summed E-state index contributed by atoms with van der Waals surface area (Å²) in [7, 11) is 0. The number of aliphatic hydroxyl groups excluding tert-OH is 1. The molecule has 2 aliphatic heterocycles. The molecule has 0 bridgehead atoms. The van der Waals surface area contributed by atoms with Gasteiger partial charge in [0.05, 0.1) is 24.8 Å². The normalized spacial score (nSPS) is 19.4. The van der Waals surface area contributed by atoms with Crippen molar-refractivity contribution in [3.8, 4) is 17.2 Å². The molecular formula is C33H35NO6. The van der Waals surface area contributed by atoms with E-state index < -0.39 is 17.7 Å². The number of ether oxygens (including phenoxy) is 3. The molecule has 1 amide bonds. The van der Waals surface area contributed by atoms with Crippen LogP contribution in [0.3, 0.4) is 0 Å². The van der Waals surface area contributed by atoms with E-state index in [2.05, 4.69) is 0 Å². The molecule has 1 N–H and O–H groups in total. The summed E-state index contributed by atoms with van der Waals surface area (Å²) in [5.74, 6) is 0.368. The number of hydrogen-bond acceptors (Lipinski definition) is 6. The Morgan fingerprint density at radius 2 is 1.80 bits per heavy atom. The van der Waals surface area contributed by atoms with Gasteiger partial charge in [-0.2, -0.15) is 0 Å². The van der Waals surface area contributed by atoms with Crippen LogP contribution in [-0.2, 0) is 22.4 Å². The van der Waals surface area contributed by atoms with Crippen LogP contribution >= 0.6 is 0 Å². The average molecular weight is 542 g/mol. The molecule has 0 unspecified atom stereocenters. The summed E-state index contributed by atoms with van der Waals surface area (Å²) < 4.78 is 17.6. The van der Waals surface area contributed by atoms with Gasteiger partial charge < -0.3 is 24.2 Å². The highest BCUT2D eigenvalue weighted by Crippen LogP contribution is 2.43. The molecule has 0 saturated carbocycles. The maximum atomic E-state index is 13.5. The van der Waals surface area contributed by atoms with Crippen LogP contribution in [0.4, 0.5) is 0 Å². The summed E-state index contributed by atoms with van der Waals surface area (Å²) in [4.78, 5) is 28.6. The minimum absolute atomic E-state index is 0.0430. The summed E-state index contributed by atoms with van der Waals surface area (Å²) in [5, 5.41) is 11.6. The molecule has 3 aromatic rings. The maximum Gasteiger partial charge on any atom is 0.295 e. The van der Waals surface area contributed by atoms with E-state index in [1.165, 1.54) is 0 Å². The molecule has 3 aromatic carbocycles. The molecule has 208 valence electrons. The summed E-state index contributed by atoms with van der Waals surface area (Å²) >= 11 is 0. The standard InChI is InChI=1S/C33H35NO6/c1-4-17-39-27-14-11-23(20-28(27)38-5-2)30-29(31(35)24-12-13-26-25(19-24)18-21(3)40-26)32(36)33(37)34(30)16-15-22-9-7-6-8-10-22/h6-14,19-21,30,35H,4-5,15-18H2,1-3H3/b31-29+/t21-,30+/m1/s1. The van der Waals surface area contributed by atoms with E-state index in [0.29, 0.717) is 55.2 Å². The zero-order valence-corrected chi connectivity index (χ0v) is 23.2. The molecule has 7 nitrogen and oxygen atoms in total. The second-order valence-electron chi connectivity index (χ2n) is 10.2. The Morgan fingerprint density at radius 1 is 1.00 bits per heavy atom. The Balaban J connectivity index is 1.59. The van der Waals surface area contributed by atoms with Crippen LogP contribution in [0.25, 0.3) is 5.76 Å². The predicted octanol–water partition coefficient (Wildman–Crippen LogP) is 5.86. The zero-order valence-electron chi connectivity index (χ0n) is 23.2. The van der Waals surface area contributed by atoms with Crippen LogP contribution in [0.1, 0.15) is 55.5 Å². The fourth-order valence-electron chi connectivity index (χ4n) is 5.37. The van der Waals surface area contributed by atoms with Crippen molar-refractivity contribution in [3.63, 3.8) is 0 Å². The molecular weight excluding hydrogens is 506 g/mol. The van der Waals surface area contributed by atoms with Gasteiger partial charge in [0.2, 0.25) is 0 Å². The average Bonchev–Trinajstić information content (AvgIpc) is 3.46. The lowest BCUT2D eigenvalue weighted by Crippen LogP contribution is -2.31. The van der Waals surface area contributed by atoms with Gasteiger partial charge in [-0.1, -0.05) is 43.3 Å². The third kappa shape index (κ3) is 5.41. The molecule has 2 heterocycles. The third-order valence-corrected chi connectivity index (χ3v) is 7.24. The van der Waals surface area contributed by atoms with E-state index in [1.54, 1.807) is 23.1 Å². The summed E-state index contributed by atoms with van der Waals surface area (Å²) in [6, 6.07) is 19.9. The molecule has 0 aromatic heterocycles. The lowest BCUT2D eigenvalue weighted by Gasteiger charge is -2.26. The first-order valence-electron chi connectivity index (χ1n) is 13.9. The second-order valence-corrected chi connectivity index (χ2v) is 10.2. The van der Waals surface area contributed by atoms with Gasteiger partial charge in [-0.25, -0.2) is 0 Å². The van der Waals surface area contributed by atoms with Gasteiger partial charge in [0, 0.05) is 18.5 Å². The topological polar surface area (TPSA) is 85.3 Å². The Kier molecular flexibility index (Phi) is 8.10. The van der Waals surface area contributed by atoms with Crippen molar-refractivity contribution in [2.45, 2.75) is 52.2 Å². The molecule has 7 heteroatoms. The van der Waals surface area contributed by atoms with Crippen molar-refractivity contribution >= 4 is 17.4 Å². The highest BCUT2D eigenvalue weighted by Gasteiger charge is 2.46. The number of benzene rings is 3. The quantitative estimate of drug-likeness (QED) is 0.197. The Morgan fingerprint density at radius 3 is 2.55 bits per heavy atom. The fraction of sp³-hybridized carbons (Fsp3) is 0.333. The number of hydrogen-bond donors (Lipinski definition) is 1. The lowest BCUT2D eigenvalue weighted by molar-refractivity contribution is -0.139. The molecule has 0 spiro atoms. The Bertz CT molecular complexity index is 1430. The molecule has 0 radical (unpaired) electrons. The fourth-order valence-corrected chi connectivity index (χ4v) is 5.37. The Labute approximate surface area is 235 Å². The number of fused-ring (bicyclic) bond motifs is 1. The molecule has 5 rings (SSSR count). The number of Topliss-reactive ketones (excluding diaryl/α,β-unsaturated/α-hetero) is 1. The van der Waals surface area contributed by atoms with Gasteiger partial charge in [-0.05, 0) is 73.7 Å². The molecule has 2 aliphatic rings. The summed E-state index contributed by atoms with van der Waals surface area (Å²) in [6.07, 6.45) is 2.16. The van der Waals surface area contributed by atoms with Crippen molar-refractivity contribution in [2.75, 3.05) is 19.8 Å². The summed E-state index contributed by atoms with van der Waals surface area (Å²) in [6.45, 7) is 7.18. The van der Waals surface area contributed by atoms with E-state index in [0.717, 1.165) is 23.3 Å². The summed E-state index contributed by atoms with van der Waals surface area (Å²) in [5.41, 5.74) is 3.22. The van der Waals surface area contributed by atoms with Crippen LogP contribution in [0.15, 0.2) is 72.3 Å². The van der Waals surface area contributed by atoms with Gasteiger partial charge in [-0.3, -0.25) is 9.59 Å². The van der Waals surface area contributed by atoms with Gasteiger partial charge in [0.1, 0.15) is 17.6 Å². The highest BCUT2D eigenvalue weighted by atomic mass is 16.5. The van der Waals surface area contributed by atoms with Crippen molar-refractivity contribution in [3.05, 3.63) is 94.6 Å². The number of carbonyl (C=O) groups is 2. The van der Waals surface area contributed by atoms with Crippen LogP contribution in [0.2, 0.25) is 0 Å². The molecule has 2 atom stereocenters. The highest BCUT2D eigenvalue weighted by molar-refractivity contribution is 6.46. The molecule has 1 saturated heterocycles. The Hall–Kier alpha value is -4.26. The van der Waals surface area contributed by atoms with E-state index in [9.17, 15) is 14.7 Å². The van der Waals surface area contributed by atoms with Gasteiger partial charge in [0.15, 0.2) is 11.5 Å². The number of amides is 1. The molecule has 40 heavy (non-hydrogen) atoms. The predicted molar refractivity (Wildman–Crippen MR) is 153 cm³/mol. The van der Waals surface area contributed by atoms with Crippen molar-refractivity contribution in [1.82, 2.24) is 4.90 Å². The number of rotatable bonds is 10. The number of ketones is 1. The van der Waals surface area contributed by atoms with Crippen molar-refractivity contribution in [2.24, 2.45) is 0 Å². The number of carbonyl (C=O) groups excluding carboxylic acids is 2. The first-order valence-corrected chi connectivity index (χ1v) is 13.9. The van der Waals surface area contributed by atoms with Crippen LogP contribution in [0, 0.1) is 0 Å². The van der Waals surface area contributed by atoms with Crippen LogP contribution in [0.5, 0.6) is 17.2 Å². The van der Waals surface area contributed by atoms with Crippen molar-refractivity contribution < 1.29 is 28.9 Å². The number of nitrogens with zero attached hydrogens (tertiary/aromatic N) is 1. The van der Waals surface area contributed by atoms with E-state index in [1.807, 2.05) is 69.3 Å². The number of likely N-dealkylation sites (tertiary alicyclic amines) is 1. The van der Waals surface area contributed by atoms with E-state index >= 15 is 0 Å². The second kappa shape index (κ2) is 11.9. The SMILES string of the molecule is CCCOc1ccc([C@H]2/C(=C(\O)c3ccc4c(c3)C[C@@H](C)O4)C(=O)C(=O)N2CCc2ccccc2)cc1OCC. The van der Waals surface area contributed by atoms with E-state index in [-0.39, 0.29) is 17.4 Å². The maximum absolute atomic E-state index is 13.5. The van der Waals surface area contributed by atoms with Gasteiger partial charge >= 0.3 is 0 Å². The zero-order chi connectivity index (χ0) is 28.2. The van der Waals surface area contributed by atoms with Crippen LogP contribution < -0.4 is 14.2 Å².